The summed E-state index contributed by atoms with van der Waals surface area (Å²) in [6.07, 6.45) is -0.345. The SMILES string of the molecule is CNC(C(=O)O)[C@@H](C)OC(C)(C)C. The van der Waals surface area contributed by atoms with Crippen molar-refractivity contribution in [3.63, 3.8) is 0 Å². The lowest BCUT2D eigenvalue weighted by Crippen LogP contribution is -2.46. The van der Waals surface area contributed by atoms with E-state index < -0.39 is 12.0 Å². The molecule has 2 atom stereocenters. The third-order valence-electron chi connectivity index (χ3n) is 1.59. The van der Waals surface area contributed by atoms with Crippen molar-refractivity contribution in [2.24, 2.45) is 0 Å². The molecule has 0 aromatic carbocycles. The van der Waals surface area contributed by atoms with Gasteiger partial charge in [-0.25, -0.2) is 0 Å². The Hall–Kier alpha value is -0.610. The van der Waals surface area contributed by atoms with Gasteiger partial charge in [-0.1, -0.05) is 0 Å². The zero-order valence-corrected chi connectivity index (χ0v) is 8.92. The largest absolute Gasteiger partial charge is 0.480 e. The fraction of sp³-hybridized carbons (Fsp3) is 0.889. The number of aliphatic carboxylic acids is 1. The summed E-state index contributed by atoms with van der Waals surface area (Å²) in [5, 5.41) is 11.5. The van der Waals surface area contributed by atoms with Crippen LogP contribution in [0, 0.1) is 0 Å². The van der Waals surface area contributed by atoms with E-state index in [1.807, 2.05) is 20.8 Å². The van der Waals surface area contributed by atoms with Crippen molar-refractivity contribution < 1.29 is 14.6 Å². The number of ether oxygens (including phenoxy) is 1. The molecule has 0 bridgehead atoms. The van der Waals surface area contributed by atoms with Crippen LogP contribution < -0.4 is 5.32 Å². The highest BCUT2D eigenvalue weighted by Gasteiger charge is 2.27. The molecule has 0 spiro atoms. The van der Waals surface area contributed by atoms with Gasteiger partial charge in [0.15, 0.2) is 0 Å². The van der Waals surface area contributed by atoms with E-state index in [1.54, 1.807) is 14.0 Å². The first kappa shape index (κ1) is 12.4. The number of rotatable bonds is 4. The zero-order chi connectivity index (χ0) is 10.6. The Labute approximate surface area is 79.3 Å². The Kier molecular flexibility index (Phi) is 4.36. The Balaban J connectivity index is 4.22. The van der Waals surface area contributed by atoms with E-state index in [1.165, 1.54) is 0 Å². The van der Waals surface area contributed by atoms with Crippen LogP contribution >= 0.6 is 0 Å². The predicted octanol–water partition coefficient (Wildman–Crippen LogP) is 0.863. The van der Waals surface area contributed by atoms with Crippen LogP contribution in [0.4, 0.5) is 0 Å². The molecule has 0 aliphatic rings. The summed E-state index contributed by atoms with van der Waals surface area (Å²) in [6.45, 7) is 7.45. The molecular weight excluding hydrogens is 170 g/mol. The summed E-state index contributed by atoms with van der Waals surface area (Å²) in [7, 11) is 1.61. The van der Waals surface area contributed by atoms with Gasteiger partial charge in [-0.3, -0.25) is 4.79 Å². The quantitative estimate of drug-likeness (QED) is 0.688. The second-order valence-corrected chi connectivity index (χ2v) is 4.04. The van der Waals surface area contributed by atoms with Gasteiger partial charge in [0.1, 0.15) is 6.04 Å². The summed E-state index contributed by atoms with van der Waals surface area (Å²) < 4.78 is 5.51. The highest BCUT2D eigenvalue weighted by Crippen LogP contribution is 2.12. The third kappa shape index (κ3) is 4.85. The molecule has 4 nitrogen and oxygen atoms in total. The van der Waals surface area contributed by atoms with Gasteiger partial charge in [-0.2, -0.15) is 0 Å². The fourth-order valence-electron chi connectivity index (χ4n) is 1.18. The van der Waals surface area contributed by atoms with Crippen LogP contribution in [0.25, 0.3) is 0 Å². The summed E-state index contributed by atoms with van der Waals surface area (Å²) in [6, 6.07) is -0.653. The Morgan fingerprint density at radius 2 is 1.92 bits per heavy atom. The molecule has 0 fully saturated rings. The van der Waals surface area contributed by atoms with Gasteiger partial charge in [-0.05, 0) is 34.7 Å². The molecule has 0 saturated heterocycles. The molecule has 4 heteroatoms. The Morgan fingerprint density at radius 1 is 1.46 bits per heavy atom. The van der Waals surface area contributed by atoms with Gasteiger partial charge < -0.3 is 15.2 Å². The Morgan fingerprint density at radius 3 is 2.15 bits per heavy atom. The number of carboxylic acids is 1. The predicted molar refractivity (Wildman–Crippen MR) is 50.8 cm³/mol. The van der Waals surface area contributed by atoms with Crippen molar-refractivity contribution in [1.82, 2.24) is 5.32 Å². The van der Waals surface area contributed by atoms with Crippen LogP contribution in [0.1, 0.15) is 27.7 Å². The van der Waals surface area contributed by atoms with Crippen LogP contribution in [0.5, 0.6) is 0 Å². The number of hydrogen-bond donors (Lipinski definition) is 2. The fourth-order valence-corrected chi connectivity index (χ4v) is 1.18. The number of hydrogen-bond acceptors (Lipinski definition) is 3. The number of carbonyl (C=O) groups is 1. The minimum Gasteiger partial charge on any atom is -0.480 e. The smallest absolute Gasteiger partial charge is 0.323 e. The van der Waals surface area contributed by atoms with Crippen molar-refractivity contribution in [2.75, 3.05) is 7.05 Å². The van der Waals surface area contributed by atoms with E-state index >= 15 is 0 Å². The average Bonchev–Trinajstić information content (AvgIpc) is 1.82. The van der Waals surface area contributed by atoms with E-state index in [9.17, 15) is 4.79 Å². The van der Waals surface area contributed by atoms with Gasteiger partial charge in [0.05, 0.1) is 11.7 Å². The van der Waals surface area contributed by atoms with Crippen LogP contribution in [0.15, 0.2) is 0 Å². The molecule has 2 N–H and O–H groups in total. The molecule has 78 valence electrons. The minimum absolute atomic E-state index is 0.316. The van der Waals surface area contributed by atoms with Crippen molar-refractivity contribution in [3.05, 3.63) is 0 Å². The lowest BCUT2D eigenvalue weighted by molar-refractivity contribution is -0.147. The van der Waals surface area contributed by atoms with Crippen molar-refractivity contribution >= 4 is 5.97 Å². The molecule has 0 aliphatic heterocycles. The molecule has 0 radical (unpaired) electrons. The third-order valence-corrected chi connectivity index (χ3v) is 1.59. The first-order valence-corrected chi connectivity index (χ1v) is 4.36. The molecule has 0 aromatic heterocycles. The maximum atomic E-state index is 10.7. The first-order chi connectivity index (χ1) is 5.78. The molecule has 0 saturated carbocycles. The lowest BCUT2D eigenvalue weighted by Gasteiger charge is -2.28. The van der Waals surface area contributed by atoms with Gasteiger partial charge in [0, 0.05) is 0 Å². The van der Waals surface area contributed by atoms with Crippen LogP contribution in [-0.4, -0.2) is 35.9 Å². The molecule has 0 rings (SSSR count). The normalized spacial score (nSPS) is 16.7. The molecule has 0 aliphatic carbocycles. The maximum absolute atomic E-state index is 10.7. The number of carboxylic acid groups (broad SMARTS) is 1. The van der Waals surface area contributed by atoms with Gasteiger partial charge in [0.2, 0.25) is 0 Å². The molecular formula is C9H19NO3. The summed E-state index contributed by atoms with van der Waals surface area (Å²) in [5.74, 6) is -0.890. The van der Waals surface area contributed by atoms with Crippen molar-refractivity contribution in [1.29, 1.82) is 0 Å². The lowest BCUT2D eigenvalue weighted by atomic mass is 10.1. The van der Waals surface area contributed by atoms with E-state index in [4.69, 9.17) is 9.84 Å². The topological polar surface area (TPSA) is 58.6 Å². The highest BCUT2D eigenvalue weighted by atomic mass is 16.5. The average molecular weight is 189 g/mol. The summed E-state index contributed by atoms with van der Waals surface area (Å²) >= 11 is 0. The maximum Gasteiger partial charge on any atom is 0.323 e. The summed E-state index contributed by atoms with van der Waals surface area (Å²) in [5.41, 5.74) is -0.316. The molecule has 0 heterocycles. The van der Waals surface area contributed by atoms with Crippen LogP contribution in [0.3, 0.4) is 0 Å². The van der Waals surface area contributed by atoms with E-state index in [2.05, 4.69) is 5.32 Å². The van der Waals surface area contributed by atoms with Crippen molar-refractivity contribution in [3.8, 4) is 0 Å². The molecule has 1 unspecified atom stereocenters. The van der Waals surface area contributed by atoms with E-state index in [0.717, 1.165) is 0 Å². The van der Waals surface area contributed by atoms with Gasteiger partial charge in [0.25, 0.3) is 0 Å². The van der Waals surface area contributed by atoms with E-state index in [-0.39, 0.29) is 11.7 Å². The first-order valence-electron chi connectivity index (χ1n) is 4.36. The highest BCUT2D eigenvalue weighted by molar-refractivity contribution is 5.74. The van der Waals surface area contributed by atoms with Crippen molar-refractivity contribution in [2.45, 2.75) is 45.4 Å². The Bertz CT molecular complexity index is 174. The standard InChI is InChI=1S/C9H19NO3/c1-6(13-9(2,3)4)7(10-5)8(11)12/h6-7,10H,1-5H3,(H,11,12)/t6-,7?/m1/s1. The van der Waals surface area contributed by atoms with Crippen LogP contribution in [0.2, 0.25) is 0 Å². The van der Waals surface area contributed by atoms with E-state index in [0.29, 0.717) is 0 Å². The molecule has 13 heavy (non-hydrogen) atoms. The zero-order valence-electron chi connectivity index (χ0n) is 8.92. The second kappa shape index (κ2) is 4.58. The second-order valence-electron chi connectivity index (χ2n) is 4.04. The van der Waals surface area contributed by atoms with Gasteiger partial charge in [-0.15, -0.1) is 0 Å². The number of likely N-dealkylation sites (N-methyl/N-ethyl adjacent to an activating group) is 1. The number of nitrogens with one attached hydrogen (secondary N) is 1. The summed E-state index contributed by atoms with van der Waals surface area (Å²) in [4.78, 5) is 10.7. The minimum atomic E-state index is -0.890. The van der Waals surface area contributed by atoms with Crippen LogP contribution in [-0.2, 0) is 9.53 Å². The van der Waals surface area contributed by atoms with Gasteiger partial charge >= 0.3 is 5.97 Å². The monoisotopic (exact) mass is 189 g/mol. The molecule has 0 aromatic rings. The molecule has 0 amide bonds.